The lowest BCUT2D eigenvalue weighted by molar-refractivity contribution is -0.147. The lowest BCUT2D eigenvalue weighted by Gasteiger charge is -2.24. The summed E-state index contributed by atoms with van der Waals surface area (Å²) in [6, 6.07) is -6.26. The number of rotatable bonds is 18. The summed E-state index contributed by atoms with van der Waals surface area (Å²) < 4.78 is 0. The number of hydrogen-bond acceptors (Lipinski definition) is 9. The summed E-state index contributed by atoms with van der Waals surface area (Å²) in [5.74, 6) is -9.27. The zero-order valence-corrected chi connectivity index (χ0v) is 19.1. The summed E-state index contributed by atoms with van der Waals surface area (Å²) in [6.07, 6.45) is -3.28. The van der Waals surface area contributed by atoms with Crippen LogP contribution in [0.15, 0.2) is 0 Å². The fourth-order valence-electron chi connectivity index (χ4n) is 2.72. The molecule has 0 aromatic heterocycles. The summed E-state index contributed by atoms with van der Waals surface area (Å²) in [6.45, 7) is 0. The maximum absolute atomic E-state index is 12.8. The molecule has 0 radical (unpaired) electrons. The second kappa shape index (κ2) is 15.6. The number of hydrogen-bond donors (Lipinski definition) is 9. The summed E-state index contributed by atoms with van der Waals surface area (Å²) in [5.41, 5.74) is 15.7. The van der Waals surface area contributed by atoms with Crippen molar-refractivity contribution >= 4 is 47.4 Å². The Kier molecular flexibility index (Phi) is 13.7. The van der Waals surface area contributed by atoms with Gasteiger partial charge < -0.3 is 48.5 Å². The van der Waals surface area contributed by atoms with Crippen molar-refractivity contribution in [2.75, 3.05) is 0 Å². The van der Waals surface area contributed by atoms with E-state index >= 15 is 0 Å². The van der Waals surface area contributed by atoms with E-state index in [0.29, 0.717) is 0 Å². The van der Waals surface area contributed by atoms with Crippen LogP contribution in [0.4, 0.5) is 0 Å². The van der Waals surface area contributed by atoms with Crippen LogP contribution >= 0.6 is 0 Å². The van der Waals surface area contributed by atoms with Gasteiger partial charge >= 0.3 is 17.9 Å². The monoisotopic (exact) mass is 518 g/mol. The van der Waals surface area contributed by atoms with Gasteiger partial charge in [-0.3, -0.25) is 33.6 Å². The predicted octanol–water partition coefficient (Wildman–Crippen LogP) is -4.28. The SMILES string of the molecule is NC(=O)CCC(NC(=O)C(N)CCC(=O)O)C(=O)NC(CCC(N)=O)C(=O)NC(CC(=O)O)C(=O)O. The highest BCUT2D eigenvalue weighted by molar-refractivity contribution is 5.95. The minimum atomic E-state index is -1.86. The summed E-state index contributed by atoms with van der Waals surface area (Å²) in [5, 5.41) is 33.0. The van der Waals surface area contributed by atoms with Gasteiger partial charge in [0.25, 0.3) is 0 Å². The Hall–Kier alpha value is -4.28. The average molecular weight is 518 g/mol. The fourth-order valence-corrected chi connectivity index (χ4v) is 2.72. The number of nitrogens with one attached hydrogen (secondary N) is 3. The first kappa shape index (κ1) is 31.7. The van der Waals surface area contributed by atoms with Crippen LogP contribution < -0.4 is 33.2 Å². The summed E-state index contributed by atoms with van der Waals surface area (Å²) >= 11 is 0. The van der Waals surface area contributed by atoms with Crippen molar-refractivity contribution in [1.29, 1.82) is 0 Å². The van der Waals surface area contributed by atoms with Crippen molar-refractivity contribution in [3.05, 3.63) is 0 Å². The topological polar surface area (TPSA) is 311 Å². The van der Waals surface area contributed by atoms with Gasteiger partial charge in [0.05, 0.1) is 12.5 Å². The fraction of sp³-hybridized carbons (Fsp3) is 0.579. The Morgan fingerprint density at radius 1 is 0.583 bits per heavy atom. The zero-order valence-electron chi connectivity index (χ0n) is 19.1. The van der Waals surface area contributed by atoms with Crippen LogP contribution in [0.5, 0.6) is 0 Å². The molecule has 202 valence electrons. The Balaban J connectivity index is 5.64. The van der Waals surface area contributed by atoms with Crippen molar-refractivity contribution in [1.82, 2.24) is 16.0 Å². The second-order valence-corrected chi connectivity index (χ2v) is 7.67. The van der Waals surface area contributed by atoms with Gasteiger partial charge in [-0.25, -0.2) is 4.79 Å². The quantitative estimate of drug-likeness (QED) is 0.0832. The van der Waals surface area contributed by atoms with E-state index < -0.39 is 97.3 Å². The molecule has 0 saturated heterocycles. The van der Waals surface area contributed by atoms with Crippen LogP contribution in [-0.4, -0.2) is 86.9 Å². The lowest BCUT2D eigenvalue weighted by Crippen LogP contribution is -2.57. The Labute approximate surface area is 204 Å². The third kappa shape index (κ3) is 13.4. The van der Waals surface area contributed by atoms with Gasteiger partial charge in [-0.05, 0) is 19.3 Å². The first-order chi connectivity index (χ1) is 16.6. The van der Waals surface area contributed by atoms with Gasteiger partial charge in [0, 0.05) is 19.3 Å². The normalized spacial score (nSPS) is 13.8. The number of aliphatic carboxylic acids is 3. The van der Waals surface area contributed by atoms with Crippen LogP contribution in [0.3, 0.4) is 0 Å². The molecule has 0 aliphatic carbocycles. The van der Waals surface area contributed by atoms with E-state index in [2.05, 4.69) is 10.6 Å². The van der Waals surface area contributed by atoms with E-state index in [9.17, 15) is 38.4 Å². The molecule has 5 amide bonds. The molecule has 4 atom stereocenters. The molecule has 36 heavy (non-hydrogen) atoms. The van der Waals surface area contributed by atoms with E-state index in [0.717, 1.165) is 0 Å². The number of amides is 5. The smallest absolute Gasteiger partial charge is 0.326 e. The molecule has 17 heteroatoms. The van der Waals surface area contributed by atoms with E-state index in [-0.39, 0.29) is 19.3 Å². The Morgan fingerprint density at radius 2 is 1.00 bits per heavy atom. The molecule has 0 saturated carbocycles. The van der Waals surface area contributed by atoms with E-state index in [1.165, 1.54) is 0 Å². The summed E-state index contributed by atoms with van der Waals surface area (Å²) in [7, 11) is 0. The number of carboxylic acid groups (broad SMARTS) is 3. The van der Waals surface area contributed by atoms with Gasteiger partial charge in [-0.1, -0.05) is 0 Å². The Morgan fingerprint density at radius 3 is 1.36 bits per heavy atom. The van der Waals surface area contributed by atoms with Gasteiger partial charge in [0.15, 0.2) is 0 Å². The van der Waals surface area contributed by atoms with Gasteiger partial charge in [0.2, 0.25) is 29.5 Å². The molecular formula is C19H30N6O11. The largest absolute Gasteiger partial charge is 0.481 e. The number of nitrogens with two attached hydrogens (primary N) is 3. The second-order valence-electron chi connectivity index (χ2n) is 7.67. The minimum absolute atomic E-state index is 0.269. The first-order valence-corrected chi connectivity index (χ1v) is 10.5. The maximum Gasteiger partial charge on any atom is 0.326 e. The standard InChI is InChI=1S/C19H30N6O11/c20-8(1-6-14(28)29)16(32)23-9(2-4-12(21)26)17(33)24-10(3-5-13(22)27)18(34)25-11(19(35)36)7-15(30)31/h8-11H,1-7,20H2,(H2,21,26)(H2,22,27)(H,23,32)(H,24,33)(H,25,34)(H,28,29)(H,30,31)(H,35,36). The van der Waals surface area contributed by atoms with Crippen LogP contribution in [-0.2, 0) is 38.4 Å². The van der Waals surface area contributed by atoms with Gasteiger partial charge in [-0.15, -0.1) is 0 Å². The highest BCUT2D eigenvalue weighted by atomic mass is 16.4. The molecule has 17 nitrogen and oxygen atoms in total. The number of carbonyl (C=O) groups excluding carboxylic acids is 5. The third-order valence-corrected chi connectivity index (χ3v) is 4.62. The minimum Gasteiger partial charge on any atom is -0.481 e. The molecule has 0 fully saturated rings. The van der Waals surface area contributed by atoms with Crippen LogP contribution in [0.1, 0.15) is 44.9 Å². The molecule has 0 aromatic rings. The van der Waals surface area contributed by atoms with Gasteiger partial charge in [-0.2, -0.15) is 0 Å². The third-order valence-electron chi connectivity index (χ3n) is 4.62. The average Bonchev–Trinajstić information content (AvgIpc) is 2.75. The van der Waals surface area contributed by atoms with Crippen molar-refractivity contribution in [3.8, 4) is 0 Å². The lowest BCUT2D eigenvalue weighted by atomic mass is 10.1. The molecular weight excluding hydrogens is 488 g/mol. The highest BCUT2D eigenvalue weighted by Crippen LogP contribution is 2.05. The molecule has 4 unspecified atom stereocenters. The number of carboxylic acids is 3. The molecule has 0 heterocycles. The van der Waals surface area contributed by atoms with Crippen molar-refractivity contribution in [2.24, 2.45) is 17.2 Å². The van der Waals surface area contributed by atoms with Crippen LogP contribution in [0, 0.1) is 0 Å². The van der Waals surface area contributed by atoms with E-state index in [1.807, 2.05) is 5.32 Å². The van der Waals surface area contributed by atoms with Crippen molar-refractivity contribution in [2.45, 2.75) is 69.1 Å². The van der Waals surface area contributed by atoms with Gasteiger partial charge in [0.1, 0.15) is 18.1 Å². The van der Waals surface area contributed by atoms with Crippen molar-refractivity contribution in [3.63, 3.8) is 0 Å². The molecule has 0 aromatic carbocycles. The zero-order chi connectivity index (χ0) is 28.0. The molecule has 0 spiro atoms. The first-order valence-electron chi connectivity index (χ1n) is 10.5. The van der Waals surface area contributed by atoms with Crippen molar-refractivity contribution < 1.29 is 53.7 Å². The molecule has 0 rings (SSSR count). The molecule has 0 aliphatic rings. The van der Waals surface area contributed by atoms with Crippen LogP contribution in [0.2, 0.25) is 0 Å². The van der Waals surface area contributed by atoms with E-state index in [1.54, 1.807) is 0 Å². The number of primary amides is 2. The number of carbonyl (C=O) groups is 8. The van der Waals surface area contributed by atoms with E-state index in [4.69, 9.17) is 32.5 Å². The molecule has 12 N–H and O–H groups in total. The highest BCUT2D eigenvalue weighted by Gasteiger charge is 2.31. The maximum atomic E-state index is 12.8. The Bertz CT molecular complexity index is 878. The van der Waals surface area contributed by atoms with Crippen LogP contribution in [0.25, 0.3) is 0 Å². The summed E-state index contributed by atoms with van der Waals surface area (Å²) in [4.78, 5) is 92.8. The predicted molar refractivity (Wildman–Crippen MR) is 117 cm³/mol. The molecule has 0 bridgehead atoms. The molecule has 0 aliphatic heterocycles.